The van der Waals surface area contributed by atoms with E-state index in [1.165, 1.54) is 6.20 Å². The Bertz CT molecular complexity index is 414. The number of anilines is 1. The molecule has 0 amide bonds. The number of nitrogens with two attached hydrogens (primary N) is 1. The zero-order valence-electron chi connectivity index (χ0n) is 10.1. The van der Waals surface area contributed by atoms with Crippen LogP contribution in [0.25, 0.3) is 0 Å². The highest BCUT2D eigenvalue weighted by Crippen LogP contribution is 2.20. The molecule has 0 aliphatic carbocycles. The van der Waals surface area contributed by atoms with Crippen LogP contribution in [-0.4, -0.2) is 41.1 Å². The monoisotopic (exact) mass is 235 g/mol. The molecule has 2 rings (SSSR count). The van der Waals surface area contributed by atoms with Gasteiger partial charge in [0.2, 0.25) is 0 Å². The van der Waals surface area contributed by atoms with Crippen LogP contribution in [0.15, 0.2) is 12.4 Å². The van der Waals surface area contributed by atoms with Crippen LogP contribution in [-0.2, 0) is 4.74 Å². The number of nitrogen functional groups attached to an aromatic ring is 1. The Morgan fingerprint density at radius 1 is 1.47 bits per heavy atom. The van der Waals surface area contributed by atoms with Crippen molar-refractivity contribution in [3.63, 3.8) is 0 Å². The molecule has 0 radical (unpaired) electrons. The molecule has 1 aromatic heterocycles. The third-order valence-electron chi connectivity index (χ3n) is 2.66. The summed E-state index contributed by atoms with van der Waals surface area (Å²) >= 11 is 0. The Hall–Kier alpha value is -1.69. The van der Waals surface area contributed by atoms with E-state index in [1.54, 1.807) is 6.20 Å². The fraction of sp³-hybridized carbons (Fsp3) is 0.545. The van der Waals surface area contributed by atoms with Gasteiger partial charge in [0.05, 0.1) is 24.6 Å². The molecule has 1 saturated heterocycles. The molecule has 2 heterocycles. The predicted octanol–water partition coefficient (Wildman–Crippen LogP) is 0.376. The van der Waals surface area contributed by atoms with E-state index in [-0.39, 0.29) is 11.4 Å². The zero-order chi connectivity index (χ0) is 12.5. The molecule has 17 heavy (non-hydrogen) atoms. The molecule has 0 atom stereocenters. The first-order valence-corrected chi connectivity index (χ1v) is 5.53. The summed E-state index contributed by atoms with van der Waals surface area (Å²) in [7, 11) is 0. The molecule has 0 bridgehead atoms. The number of hydrogen-bond acceptors (Lipinski definition) is 5. The molecule has 0 unspecified atom stereocenters. The van der Waals surface area contributed by atoms with Gasteiger partial charge in [0.1, 0.15) is 17.3 Å². The Morgan fingerprint density at radius 3 is 2.76 bits per heavy atom. The average molecular weight is 235 g/mol. The number of ether oxygens (including phenoxy) is 1. The van der Waals surface area contributed by atoms with E-state index in [1.807, 2.05) is 0 Å². The van der Waals surface area contributed by atoms with E-state index in [9.17, 15) is 0 Å². The minimum Gasteiger partial charge on any atom is -0.382 e. The van der Waals surface area contributed by atoms with Crippen LogP contribution in [0.4, 0.5) is 5.82 Å². The number of hydrogen-bond donors (Lipinski definition) is 2. The van der Waals surface area contributed by atoms with Gasteiger partial charge in [0.15, 0.2) is 0 Å². The van der Waals surface area contributed by atoms with Crippen molar-refractivity contribution in [2.24, 2.45) is 5.73 Å². The first-order chi connectivity index (χ1) is 7.98. The predicted molar refractivity (Wildman–Crippen MR) is 65.3 cm³/mol. The lowest BCUT2D eigenvalue weighted by Crippen LogP contribution is -2.48. The minimum absolute atomic E-state index is 0.0636. The summed E-state index contributed by atoms with van der Waals surface area (Å²) < 4.78 is 5.64. The lowest BCUT2D eigenvalue weighted by molar-refractivity contribution is -0.0279. The van der Waals surface area contributed by atoms with Gasteiger partial charge in [-0.15, -0.1) is 0 Å². The van der Waals surface area contributed by atoms with Gasteiger partial charge < -0.3 is 15.4 Å². The van der Waals surface area contributed by atoms with Crippen LogP contribution in [0.5, 0.6) is 0 Å². The van der Waals surface area contributed by atoms with Gasteiger partial charge >= 0.3 is 0 Å². The van der Waals surface area contributed by atoms with Gasteiger partial charge in [-0.25, -0.2) is 9.97 Å². The zero-order valence-corrected chi connectivity index (χ0v) is 10.1. The molecule has 0 saturated carbocycles. The van der Waals surface area contributed by atoms with Crippen molar-refractivity contribution >= 4 is 11.7 Å². The van der Waals surface area contributed by atoms with Gasteiger partial charge in [-0.2, -0.15) is 0 Å². The largest absolute Gasteiger partial charge is 0.382 e. The highest BCUT2D eigenvalue weighted by Gasteiger charge is 2.27. The molecule has 0 spiro atoms. The summed E-state index contributed by atoms with van der Waals surface area (Å²) in [6, 6.07) is 0. The van der Waals surface area contributed by atoms with Crippen LogP contribution in [0.1, 0.15) is 19.5 Å². The first kappa shape index (κ1) is 11.8. The Balaban J connectivity index is 2.14. The fourth-order valence-corrected chi connectivity index (χ4v) is 1.84. The second kappa shape index (κ2) is 4.29. The van der Waals surface area contributed by atoms with Crippen LogP contribution in [0, 0.1) is 5.41 Å². The van der Waals surface area contributed by atoms with Crippen molar-refractivity contribution in [2.75, 3.05) is 24.6 Å². The number of amidine groups is 1. The number of morpholine rings is 1. The van der Waals surface area contributed by atoms with Crippen LogP contribution >= 0.6 is 0 Å². The fourth-order valence-electron chi connectivity index (χ4n) is 1.84. The van der Waals surface area contributed by atoms with Crippen molar-refractivity contribution in [3.05, 3.63) is 18.1 Å². The average Bonchev–Trinajstić information content (AvgIpc) is 2.28. The maximum Gasteiger partial charge on any atom is 0.147 e. The van der Waals surface area contributed by atoms with Gasteiger partial charge in [0, 0.05) is 13.1 Å². The standard InChI is InChI=1S/C11H17N5O/c1-11(2)7-16(3-4-17-11)9-6-14-8(5-15-9)10(12)13/h5-6H,3-4,7H2,1-2H3,(H3,12,13). The minimum atomic E-state index is -0.167. The highest BCUT2D eigenvalue weighted by atomic mass is 16.5. The highest BCUT2D eigenvalue weighted by molar-refractivity contribution is 5.92. The number of nitrogens with zero attached hydrogens (tertiary/aromatic N) is 3. The van der Waals surface area contributed by atoms with Crippen molar-refractivity contribution in [3.8, 4) is 0 Å². The summed E-state index contributed by atoms with van der Waals surface area (Å²) in [5, 5.41) is 7.26. The van der Waals surface area contributed by atoms with Crippen LogP contribution in [0.2, 0.25) is 0 Å². The van der Waals surface area contributed by atoms with Crippen LogP contribution in [0.3, 0.4) is 0 Å². The van der Waals surface area contributed by atoms with Crippen LogP contribution < -0.4 is 10.6 Å². The normalized spacial score (nSPS) is 19.1. The SMILES string of the molecule is CC1(C)CN(c2cnc(C(=N)N)cn2)CCO1. The molecule has 1 fully saturated rings. The Labute approximate surface area is 100 Å². The third kappa shape index (κ3) is 2.71. The van der Waals surface area contributed by atoms with Gasteiger partial charge in [0.25, 0.3) is 0 Å². The lowest BCUT2D eigenvalue weighted by atomic mass is 10.1. The molecule has 1 aliphatic rings. The van der Waals surface area contributed by atoms with Crippen molar-refractivity contribution < 1.29 is 4.74 Å². The van der Waals surface area contributed by atoms with E-state index in [4.69, 9.17) is 15.9 Å². The topological polar surface area (TPSA) is 88.1 Å². The maximum atomic E-state index is 7.26. The summed E-state index contributed by atoms with van der Waals surface area (Å²) in [6.07, 6.45) is 3.18. The van der Waals surface area contributed by atoms with E-state index >= 15 is 0 Å². The number of rotatable bonds is 2. The van der Waals surface area contributed by atoms with Gasteiger partial charge in [-0.05, 0) is 13.8 Å². The maximum absolute atomic E-state index is 7.26. The molecule has 6 heteroatoms. The second-order valence-corrected chi connectivity index (χ2v) is 4.70. The molecule has 1 aromatic rings. The molecule has 3 N–H and O–H groups in total. The first-order valence-electron chi connectivity index (χ1n) is 5.53. The summed E-state index contributed by atoms with van der Waals surface area (Å²) in [5.41, 5.74) is 5.57. The van der Waals surface area contributed by atoms with Crippen molar-refractivity contribution in [1.29, 1.82) is 5.41 Å². The summed E-state index contributed by atoms with van der Waals surface area (Å²) in [5.74, 6) is 0.734. The third-order valence-corrected chi connectivity index (χ3v) is 2.66. The molecule has 6 nitrogen and oxygen atoms in total. The molecule has 1 aliphatic heterocycles. The Morgan fingerprint density at radius 2 is 2.24 bits per heavy atom. The smallest absolute Gasteiger partial charge is 0.147 e. The van der Waals surface area contributed by atoms with E-state index < -0.39 is 0 Å². The number of nitrogens with one attached hydrogen (secondary N) is 1. The second-order valence-electron chi connectivity index (χ2n) is 4.70. The molecule has 92 valence electrons. The summed E-state index contributed by atoms with van der Waals surface area (Å²) in [6.45, 7) is 6.37. The summed E-state index contributed by atoms with van der Waals surface area (Å²) in [4.78, 5) is 10.5. The van der Waals surface area contributed by atoms with Crippen molar-refractivity contribution in [2.45, 2.75) is 19.4 Å². The molecular formula is C11H17N5O. The quantitative estimate of drug-likeness (QED) is 0.571. The van der Waals surface area contributed by atoms with Gasteiger partial charge in [-0.3, -0.25) is 5.41 Å². The van der Waals surface area contributed by atoms with Gasteiger partial charge in [-0.1, -0.05) is 0 Å². The van der Waals surface area contributed by atoms with Crippen molar-refractivity contribution in [1.82, 2.24) is 9.97 Å². The Kier molecular flexibility index (Phi) is 2.97. The van der Waals surface area contributed by atoms with E-state index in [0.717, 1.165) is 18.9 Å². The molecular weight excluding hydrogens is 218 g/mol. The lowest BCUT2D eigenvalue weighted by Gasteiger charge is -2.38. The molecule has 0 aromatic carbocycles. The van der Waals surface area contributed by atoms with E-state index in [0.29, 0.717) is 12.3 Å². The van der Waals surface area contributed by atoms with E-state index in [2.05, 4.69) is 28.7 Å². The number of aromatic nitrogens is 2.